The number of carbonyl (C=O) groups excluding carboxylic acids is 1. The van der Waals surface area contributed by atoms with E-state index in [-0.39, 0.29) is 5.91 Å². The van der Waals surface area contributed by atoms with Crippen LogP contribution in [-0.4, -0.2) is 37.0 Å². The maximum absolute atomic E-state index is 12.1. The second-order valence-electron chi connectivity index (χ2n) is 5.27. The molecule has 0 radical (unpaired) electrons. The Labute approximate surface area is 121 Å². The molecular weight excluding hydrogens is 252 g/mol. The van der Waals surface area contributed by atoms with Crippen LogP contribution in [0.4, 0.5) is 0 Å². The van der Waals surface area contributed by atoms with E-state index >= 15 is 0 Å². The van der Waals surface area contributed by atoms with Crippen LogP contribution in [0.5, 0.6) is 0 Å². The van der Waals surface area contributed by atoms with Gasteiger partial charge in [-0.3, -0.25) is 4.79 Å². The summed E-state index contributed by atoms with van der Waals surface area (Å²) >= 11 is 0. The standard InChI is InChI=1S/C16H24N2O2/c1-3-18(15-7-8-15)16(19)11-17-10-13-5-4-6-14(9-13)12-20-2/h4-6,9,15,17H,3,7-8,10-12H2,1-2H3. The van der Waals surface area contributed by atoms with Crippen LogP contribution >= 0.6 is 0 Å². The molecular formula is C16H24N2O2. The zero-order chi connectivity index (χ0) is 14.4. The fraction of sp³-hybridized carbons (Fsp3) is 0.562. The highest BCUT2D eigenvalue weighted by Gasteiger charge is 2.30. The maximum Gasteiger partial charge on any atom is 0.236 e. The van der Waals surface area contributed by atoms with Crippen molar-refractivity contribution in [2.24, 2.45) is 0 Å². The van der Waals surface area contributed by atoms with Crippen molar-refractivity contribution in [3.8, 4) is 0 Å². The molecule has 1 aromatic rings. The molecule has 0 heterocycles. The molecule has 4 heteroatoms. The first-order chi connectivity index (χ1) is 9.74. The summed E-state index contributed by atoms with van der Waals surface area (Å²) in [6, 6.07) is 8.74. The van der Waals surface area contributed by atoms with Gasteiger partial charge in [0.15, 0.2) is 0 Å². The third-order valence-corrected chi connectivity index (χ3v) is 3.56. The monoisotopic (exact) mass is 276 g/mol. The Hall–Kier alpha value is -1.39. The molecule has 20 heavy (non-hydrogen) atoms. The number of ether oxygens (including phenoxy) is 1. The summed E-state index contributed by atoms with van der Waals surface area (Å²) in [5, 5.41) is 3.24. The molecule has 1 aliphatic rings. The smallest absolute Gasteiger partial charge is 0.236 e. The molecule has 4 nitrogen and oxygen atoms in total. The van der Waals surface area contributed by atoms with Gasteiger partial charge in [-0.2, -0.15) is 0 Å². The maximum atomic E-state index is 12.1. The van der Waals surface area contributed by atoms with Crippen LogP contribution in [0.25, 0.3) is 0 Å². The zero-order valence-electron chi connectivity index (χ0n) is 12.4. The molecule has 1 aromatic carbocycles. The number of nitrogens with zero attached hydrogens (tertiary/aromatic N) is 1. The van der Waals surface area contributed by atoms with Crippen LogP contribution in [0.3, 0.4) is 0 Å². The van der Waals surface area contributed by atoms with Crippen LogP contribution < -0.4 is 5.32 Å². The van der Waals surface area contributed by atoms with Gasteiger partial charge in [0.2, 0.25) is 5.91 Å². The summed E-state index contributed by atoms with van der Waals surface area (Å²) < 4.78 is 5.12. The highest BCUT2D eigenvalue weighted by atomic mass is 16.5. The van der Waals surface area contributed by atoms with E-state index in [0.717, 1.165) is 12.1 Å². The van der Waals surface area contributed by atoms with E-state index in [1.165, 1.54) is 18.4 Å². The Morgan fingerprint density at radius 2 is 2.15 bits per heavy atom. The first kappa shape index (κ1) is 15.0. The predicted molar refractivity (Wildman–Crippen MR) is 79.3 cm³/mol. The fourth-order valence-electron chi connectivity index (χ4n) is 2.44. The van der Waals surface area contributed by atoms with E-state index in [1.54, 1.807) is 7.11 Å². The van der Waals surface area contributed by atoms with Crippen molar-refractivity contribution in [3.05, 3.63) is 35.4 Å². The average molecular weight is 276 g/mol. The summed E-state index contributed by atoms with van der Waals surface area (Å²) in [5.74, 6) is 0.211. The zero-order valence-corrected chi connectivity index (χ0v) is 12.4. The summed E-state index contributed by atoms with van der Waals surface area (Å²) in [7, 11) is 1.70. The van der Waals surface area contributed by atoms with Crippen molar-refractivity contribution in [3.63, 3.8) is 0 Å². The Kier molecular flexibility index (Phi) is 5.56. The number of methoxy groups -OCH3 is 1. The number of benzene rings is 1. The number of carbonyl (C=O) groups is 1. The number of nitrogens with one attached hydrogen (secondary N) is 1. The van der Waals surface area contributed by atoms with Gasteiger partial charge >= 0.3 is 0 Å². The minimum Gasteiger partial charge on any atom is -0.380 e. The first-order valence-corrected chi connectivity index (χ1v) is 7.31. The van der Waals surface area contributed by atoms with Crippen molar-refractivity contribution >= 4 is 5.91 Å². The molecule has 0 bridgehead atoms. The fourth-order valence-corrected chi connectivity index (χ4v) is 2.44. The number of likely N-dealkylation sites (N-methyl/N-ethyl adjacent to an activating group) is 1. The minimum atomic E-state index is 0.211. The Morgan fingerprint density at radius 1 is 1.40 bits per heavy atom. The first-order valence-electron chi connectivity index (χ1n) is 7.31. The quantitative estimate of drug-likeness (QED) is 0.789. The molecule has 1 aliphatic carbocycles. The molecule has 0 aliphatic heterocycles. The molecule has 0 atom stereocenters. The van der Waals surface area contributed by atoms with Crippen molar-refractivity contribution in [2.45, 2.75) is 39.0 Å². The molecule has 110 valence electrons. The number of rotatable bonds is 8. The lowest BCUT2D eigenvalue weighted by Gasteiger charge is -2.20. The number of hydrogen-bond acceptors (Lipinski definition) is 3. The van der Waals surface area contributed by atoms with E-state index in [2.05, 4.69) is 17.4 Å². The number of hydrogen-bond donors (Lipinski definition) is 1. The lowest BCUT2D eigenvalue weighted by molar-refractivity contribution is -0.130. The van der Waals surface area contributed by atoms with Crippen LogP contribution in [0, 0.1) is 0 Å². The van der Waals surface area contributed by atoms with Gasteiger partial charge in [-0.05, 0) is 30.9 Å². The molecule has 1 fully saturated rings. The molecule has 0 unspecified atom stereocenters. The Morgan fingerprint density at radius 3 is 2.80 bits per heavy atom. The van der Waals surface area contributed by atoms with Gasteiger partial charge in [0.05, 0.1) is 13.2 Å². The molecule has 0 saturated heterocycles. The van der Waals surface area contributed by atoms with Crippen molar-refractivity contribution in [1.29, 1.82) is 0 Å². The second-order valence-corrected chi connectivity index (χ2v) is 5.27. The topological polar surface area (TPSA) is 41.6 Å². The van der Waals surface area contributed by atoms with Crippen molar-refractivity contribution in [1.82, 2.24) is 10.2 Å². The van der Waals surface area contributed by atoms with E-state index < -0.39 is 0 Å². The second kappa shape index (κ2) is 7.41. The third-order valence-electron chi connectivity index (χ3n) is 3.56. The van der Waals surface area contributed by atoms with Gasteiger partial charge in [-0.25, -0.2) is 0 Å². The van der Waals surface area contributed by atoms with E-state index in [9.17, 15) is 4.79 Å². The van der Waals surface area contributed by atoms with Gasteiger partial charge in [-0.15, -0.1) is 0 Å². The minimum absolute atomic E-state index is 0.211. The largest absolute Gasteiger partial charge is 0.380 e. The summed E-state index contributed by atoms with van der Waals surface area (Å²) in [4.78, 5) is 14.0. The lowest BCUT2D eigenvalue weighted by Crippen LogP contribution is -2.39. The number of amides is 1. The predicted octanol–water partition coefficient (Wildman–Crippen LogP) is 1.93. The summed E-state index contributed by atoms with van der Waals surface area (Å²) in [5.41, 5.74) is 2.34. The molecule has 0 spiro atoms. The molecule has 0 aromatic heterocycles. The molecule has 1 saturated carbocycles. The van der Waals surface area contributed by atoms with Crippen LogP contribution in [0.1, 0.15) is 30.9 Å². The molecule has 1 N–H and O–H groups in total. The van der Waals surface area contributed by atoms with Gasteiger partial charge in [0, 0.05) is 26.2 Å². The lowest BCUT2D eigenvalue weighted by atomic mass is 10.1. The van der Waals surface area contributed by atoms with E-state index in [1.807, 2.05) is 24.0 Å². The van der Waals surface area contributed by atoms with Crippen LogP contribution in [0.2, 0.25) is 0 Å². The Bertz CT molecular complexity index is 444. The highest BCUT2D eigenvalue weighted by molar-refractivity contribution is 5.78. The van der Waals surface area contributed by atoms with E-state index in [0.29, 0.717) is 25.7 Å². The van der Waals surface area contributed by atoms with E-state index in [4.69, 9.17) is 4.74 Å². The Balaban J connectivity index is 1.77. The highest BCUT2D eigenvalue weighted by Crippen LogP contribution is 2.26. The van der Waals surface area contributed by atoms with Gasteiger partial charge in [0.1, 0.15) is 0 Å². The SMILES string of the molecule is CCN(C(=O)CNCc1cccc(COC)c1)C1CC1. The average Bonchev–Trinajstić information content (AvgIpc) is 3.25. The summed E-state index contributed by atoms with van der Waals surface area (Å²) in [6.07, 6.45) is 2.33. The normalized spacial score (nSPS) is 14.3. The van der Waals surface area contributed by atoms with Crippen LogP contribution in [0.15, 0.2) is 24.3 Å². The van der Waals surface area contributed by atoms with Gasteiger partial charge < -0.3 is 15.0 Å². The van der Waals surface area contributed by atoms with Crippen LogP contribution in [-0.2, 0) is 22.7 Å². The molecule has 2 rings (SSSR count). The van der Waals surface area contributed by atoms with Crippen molar-refractivity contribution in [2.75, 3.05) is 20.2 Å². The molecule has 1 amide bonds. The van der Waals surface area contributed by atoms with Gasteiger partial charge in [-0.1, -0.05) is 24.3 Å². The summed E-state index contributed by atoms with van der Waals surface area (Å²) in [6.45, 7) is 4.61. The third kappa shape index (κ3) is 4.32. The van der Waals surface area contributed by atoms with Crippen molar-refractivity contribution < 1.29 is 9.53 Å². The van der Waals surface area contributed by atoms with Gasteiger partial charge in [0.25, 0.3) is 0 Å².